The second-order valence-corrected chi connectivity index (χ2v) is 7.35. The first kappa shape index (κ1) is 18.0. The summed E-state index contributed by atoms with van der Waals surface area (Å²) in [5, 5.41) is 17.5. The Morgan fingerprint density at radius 3 is 2.97 bits per heavy atom. The summed E-state index contributed by atoms with van der Waals surface area (Å²) in [7, 11) is 0. The minimum atomic E-state index is 0.0802. The maximum absolute atomic E-state index is 8.88. The molecular formula is C20H23N7O2. The molecular weight excluding hydrogens is 370 g/mol. The highest BCUT2D eigenvalue weighted by molar-refractivity contribution is 5.93. The molecule has 0 radical (unpaired) electrons. The number of aromatic nitrogens is 6. The van der Waals surface area contributed by atoms with E-state index in [-0.39, 0.29) is 12.7 Å². The van der Waals surface area contributed by atoms with Crippen molar-refractivity contribution < 1.29 is 9.84 Å². The van der Waals surface area contributed by atoms with Crippen LogP contribution in [0.15, 0.2) is 37.1 Å². The lowest BCUT2D eigenvalue weighted by Crippen LogP contribution is -2.30. The summed E-state index contributed by atoms with van der Waals surface area (Å²) < 4.78 is 7.39. The Labute approximate surface area is 167 Å². The molecule has 0 aliphatic heterocycles. The number of anilines is 1. The van der Waals surface area contributed by atoms with Gasteiger partial charge >= 0.3 is 0 Å². The van der Waals surface area contributed by atoms with Gasteiger partial charge < -0.3 is 20.1 Å². The molecule has 0 saturated heterocycles. The number of nitrogens with one attached hydrogen (secondary N) is 2. The Morgan fingerprint density at radius 2 is 2.10 bits per heavy atom. The normalized spacial score (nSPS) is 19.8. The van der Waals surface area contributed by atoms with E-state index in [1.54, 1.807) is 10.8 Å². The molecule has 0 bridgehead atoms. The van der Waals surface area contributed by atoms with Crippen LogP contribution in [-0.4, -0.2) is 60.0 Å². The summed E-state index contributed by atoms with van der Waals surface area (Å²) in [5.74, 6) is 0.636. The number of pyridine rings is 1. The topological polar surface area (TPSA) is 113 Å². The summed E-state index contributed by atoms with van der Waals surface area (Å²) in [4.78, 5) is 16.6. The zero-order valence-electron chi connectivity index (χ0n) is 16.0. The van der Waals surface area contributed by atoms with E-state index >= 15 is 0 Å². The molecule has 4 aromatic rings. The third-order valence-corrected chi connectivity index (χ3v) is 5.47. The van der Waals surface area contributed by atoms with Crippen LogP contribution >= 0.6 is 0 Å². The maximum Gasteiger partial charge on any atom is 0.224 e. The van der Waals surface area contributed by atoms with E-state index < -0.39 is 0 Å². The smallest absolute Gasteiger partial charge is 0.224 e. The number of aliphatic hydroxyl groups is 1. The fourth-order valence-corrected chi connectivity index (χ4v) is 3.97. The van der Waals surface area contributed by atoms with Crippen molar-refractivity contribution in [3.8, 4) is 11.1 Å². The van der Waals surface area contributed by atoms with Crippen LogP contribution in [-0.2, 0) is 4.74 Å². The highest BCUT2D eigenvalue weighted by Gasteiger charge is 2.22. The lowest BCUT2D eigenvalue weighted by Gasteiger charge is -2.28. The molecule has 9 nitrogen and oxygen atoms in total. The molecule has 9 heteroatoms. The molecule has 150 valence electrons. The number of hydrogen-bond acceptors (Lipinski definition) is 7. The Hall–Kier alpha value is -3.04. The van der Waals surface area contributed by atoms with E-state index in [1.165, 1.54) is 0 Å². The monoisotopic (exact) mass is 393 g/mol. The number of H-pyrrole nitrogens is 1. The van der Waals surface area contributed by atoms with Crippen molar-refractivity contribution >= 4 is 22.6 Å². The average Bonchev–Trinajstić information content (AvgIpc) is 3.39. The standard InChI is InChI=1S/C20H23N7O2/c28-7-8-29-15-4-2-14(3-5-15)25-20-22-10-17-16(9-21-19(17)26-20)13-1-6-18-23-12-24-27(18)11-13/h1,6,9-12,14-15,28H,2-5,7-8H2,(H2,21,22,25,26)/t14-,15+. The number of hydrogen-bond donors (Lipinski definition) is 3. The highest BCUT2D eigenvalue weighted by Crippen LogP contribution is 2.28. The molecule has 4 aromatic heterocycles. The lowest BCUT2D eigenvalue weighted by atomic mass is 9.93. The van der Waals surface area contributed by atoms with Crippen LogP contribution in [0.3, 0.4) is 0 Å². The van der Waals surface area contributed by atoms with Crippen molar-refractivity contribution in [3.05, 3.63) is 37.1 Å². The lowest BCUT2D eigenvalue weighted by molar-refractivity contribution is 0.00719. The summed E-state index contributed by atoms with van der Waals surface area (Å²) in [6.07, 6.45) is 11.5. The molecule has 1 saturated carbocycles. The van der Waals surface area contributed by atoms with Crippen LogP contribution in [0.4, 0.5) is 5.95 Å². The number of rotatable bonds is 6. The Kier molecular flexibility index (Phi) is 4.82. The number of ether oxygens (including phenoxy) is 1. The van der Waals surface area contributed by atoms with Gasteiger partial charge in [-0.3, -0.25) is 0 Å². The molecule has 0 spiro atoms. The minimum Gasteiger partial charge on any atom is -0.394 e. The van der Waals surface area contributed by atoms with Crippen LogP contribution in [0, 0.1) is 0 Å². The van der Waals surface area contributed by atoms with Crippen molar-refractivity contribution in [1.29, 1.82) is 0 Å². The average molecular weight is 393 g/mol. The van der Waals surface area contributed by atoms with E-state index in [4.69, 9.17) is 9.84 Å². The number of aliphatic hydroxyl groups excluding tert-OH is 1. The zero-order chi connectivity index (χ0) is 19.6. The van der Waals surface area contributed by atoms with E-state index in [9.17, 15) is 0 Å². The number of nitrogens with zero attached hydrogens (tertiary/aromatic N) is 5. The van der Waals surface area contributed by atoms with Crippen molar-refractivity contribution in [2.75, 3.05) is 18.5 Å². The molecule has 0 unspecified atom stereocenters. The van der Waals surface area contributed by atoms with Crippen molar-refractivity contribution in [2.45, 2.75) is 37.8 Å². The fraction of sp³-hybridized carbons (Fsp3) is 0.400. The van der Waals surface area contributed by atoms with Gasteiger partial charge in [0.25, 0.3) is 0 Å². The predicted molar refractivity (Wildman–Crippen MR) is 109 cm³/mol. The van der Waals surface area contributed by atoms with Crippen LogP contribution in [0.1, 0.15) is 25.7 Å². The van der Waals surface area contributed by atoms with E-state index in [0.29, 0.717) is 18.6 Å². The van der Waals surface area contributed by atoms with Crippen molar-refractivity contribution in [1.82, 2.24) is 29.5 Å². The van der Waals surface area contributed by atoms with Gasteiger partial charge in [0.05, 0.1) is 19.3 Å². The summed E-state index contributed by atoms with van der Waals surface area (Å²) >= 11 is 0. The second-order valence-electron chi connectivity index (χ2n) is 7.35. The van der Waals surface area contributed by atoms with E-state index in [1.807, 2.05) is 30.7 Å². The van der Waals surface area contributed by atoms with Gasteiger partial charge in [-0.1, -0.05) is 0 Å². The van der Waals surface area contributed by atoms with E-state index in [2.05, 4.69) is 30.4 Å². The molecule has 4 heterocycles. The Balaban J connectivity index is 1.30. The molecule has 3 N–H and O–H groups in total. The highest BCUT2D eigenvalue weighted by atomic mass is 16.5. The van der Waals surface area contributed by atoms with E-state index in [0.717, 1.165) is 53.5 Å². The fourth-order valence-electron chi connectivity index (χ4n) is 3.97. The summed E-state index contributed by atoms with van der Waals surface area (Å²) in [6.45, 7) is 0.498. The number of fused-ring (bicyclic) bond motifs is 2. The molecule has 29 heavy (non-hydrogen) atoms. The predicted octanol–water partition coefficient (Wildman–Crippen LogP) is 2.40. The van der Waals surface area contributed by atoms with Gasteiger partial charge in [0.1, 0.15) is 12.0 Å². The van der Waals surface area contributed by atoms with Gasteiger partial charge in [0.2, 0.25) is 5.95 Å². The SMILES string of the molecule is OCCO[C@H]1CC[C@@H](Nc2ncc3c(-c4ccc5ncnn5c4)c[nH]c3n2)CC1. The van der Waals surface area contributed by atoms with Crippen molar-refractivity contribution in [3.63, 3.8) is 0 Å². The molecule has 5 rings (SSSR count). The molecule has 1 aliphatic carbocycles. The first-order valence-electron chi connectivity index (χ1n) is 9.93. The molecule has 0 atom stereocenters. The van der Waals surface area contributed by atoms with Gasteiger partial charge in [0.15, 0.2) is 5.65 Å². The first-order chi connectivity index (χ1) is 14.3. The van der Waals surface area contributed by atoms with Crippen LogP contribution in [0.25, 0.3) is 27.8 Å². The van der Waals surface area contributed by atoms with Crippen LogP contribution in [0.5, 0.6) is 0 Å². The van der Waals surface area contributed by atoms with Gasteiger partial charge in [-0.2, -0.15) is 10.1 Å². The molecule has 0 amide bonds. The largest absolute Gasteiger partial charge is 0.394 e. The maximum atomic E-state index is 8.88. The van der Waals surface area contributed by atoms with Gasteiger partial charge in [-0.25, -0.2) is 14.5 Å². The molecule has 0 aromatic carbocycles. The summed E-state index contributed by atoms with van der Waals surface area (Å²) in [5.41, 5.74) is 3.68. The second kappa shape index (κ2) is 7.76. The third-order valence-electron chi connectivity index (χ3n) is 5.47. The van der Waals surface area contributed by atoms with Gasteiger partial charge in [-0.05, 0) is 37.8 Å². The van der Waals surface area contributed by atoms with Gasteiger partial charge in [0, 0.05) is 41.1 Å². The quantitative estimate of drug-likeness (QED) is 0.461. The first-order valence-corrected chi connectivity index (χ1v) is 9.93. The summed E-state index contributed by atoms with van der Waals surface area (Å²) in [6, 6.07) is 4.31. The third kappa shape index (κ3) is 3.66. The molecule has 1 fully saturated rings. The van der Waals surface area contributed by atoms with Crippen LogP contribution < -0.4 is 5.32 Å². The van der Waals surface area contributed by atoms with Crippen LogP contribution in [0.2, 0.25) is 0 Å². The zero-order valence-corrected chi connectivity index (χ0v) is 16.0. The Morgan fingerprint density at radius 1 is 1.21 bits per heavy atom. The Bertz CT molecular complexity index is 1110. The number of aromatic amines is 1. The minimum absolute atomic E-state index is 0.0802. The van der Waals surface area contributed by atoms with Crippen molar-refractivity contribution in [2.24, 2.45) is 0 Å². The van der Waals surface area contributed by atoms with Gasteiger partial charge in [-0.15, -0.1) is 0 Å². The molecule has 1 aliphatic rings.